The first kappa shape index (κ1) is 18.2. The van der Waals surface area contributed by atoms with Gasteiger partial charge < -0.3 is 24.8 Å². The molecule has 0 spiro atoms. The highest BCUT2D eigenvalue weighted by Crippen LogP contribution is 2.33. The first-order valence-electron chi connectivity index (χ1n) is 8.49. The standard InChI is InChI=1S/C18H22N2O6/c1-25-14-5-3-2-4-13(14)20-10-12(8-15(20)21)17(24)19-18(9-16(22)23)6-7-26-11-18/h2-5,12H,6-11H2,1H3,(H,19,24)(H,22,23). The van der Waals surface area contributed by atoms with E-state index in [1.165, 1.54) is 12.0 Å². The summed E-state index contributed by atoms with van der Waals surface area (Å²) in [6.07, 6.45) is 0.325. The van der Waals surface area contributed by atoms with Gasteiger partial charge in [-0.25, -0.2) is 0 Å². The minimum Gasteiger partial charge on any atom is -0.495 e. The van der Waals surface area contributed by atoms with Gasteiger partial charge in [0, 0.05) is 19.6 Å². The number of methoxy groups -OCH3 is 1. The molecule has 2 aliphatic heterocycles. The fourth-order valence-electron chi connectivity index (χ4n) is 3.51. The van der Waals surface area contributed by atoms with Gasteiger partial charge in [-0.3, -0.25) is 14.4 Å². The van der Waals surface area contributed by atoms with Crippen molar-refractivity contribution in [3.8, 4) is 5.75 Å². The lowest BCUT2D eigenvalue weighted by Gasteiger charge is -2.28. The molecule has 0 saturated carbocycles. The smallest absolute Gasteiger partial charge is 0.305 e. The monoisotopic (exact) mass is 362 g/mol. The number of carbonyl (C=O) groups is 3. The van der Waals surface area contributed by atoms with Gasteiger partial charge in [0.15, 0.2) is 0 Å². The van der Waals surface area contributed by atoms with Crippen molar-refractivity contribution in [2.75, 3.05) is 31.8 Å². The summed E-state index contributed by atoms with van der Waals surface area (Å²) in [5.74, 6) is -1.45. The molecule has 0 bridgehead atoms. The maximum atomic E-state index is 12.7. The van der Waals surface area contributed by atoms with Gasteiger partial charge >= 0.3 is 5.97 Å². The Morgan fingerprint density at radius 3 is 2.85 bits per heavy atom. The molecule has 1 aromatic carbocycles. The van der Waals surface area contributed by atoms with Crippen molar-refractivity contribution >= 4 is 23.5 Å². The lowest BCUT2D eigenvalue weighted by atomic mass is 9.93. The Morgan fingerprint density at radius 2 is 2.19 bits per heavy atom. The number of amides is 2. The molecule has 2 heterocycles. The number of ether oxygens (including phenoxy) is 2. The van der Waals surface area contributed by atoms with Gasteiger partial charge in [-0.05, 0) is 18.6 Å². The number of nitrogens with zero attached hydrogens (tertiary/aromatic N) is 1. The third kappa shape index (κ3) is 3.65. The maximum absolute atomic E-state index is 12.7. The fourth-order valence-corrected chi connectivity index (χ4v) is 3.51. The normalized spacial score (nSPS) is 25.3. The molecule has 2 unspecified atom stereocenters. The van der Waals surface area contributed by atoms with E-state index in [-0.39, 0.29) is 37.8 Å². The van der Waals surface area contributed by atoms with E-state index in [1.54, 1.807) is 18.2 Å². The number of carboxylic acid groups (broad SMARTS) is 1. The summed E-state index contributed by atoms with van der Waals surface area (Å²) >= 11 is 0. The summed E-state index contributed by atoms with van der Waals surface area (Å²) < 4.78 is 10.6. The second-order valence-corrected chi connectivity index (χ2v) is 6.72. The molecule has 26 heavy (non-hydrogen) atoms. The van der Waals surface area contributed by atoms with Crippen LogP contribution in [0.15, 0.2) is 24.3 Å². The lowest BCUT2D eigenvalue weighted by Crippen LogP contribution is -2.52. The van der Waals surface area contributed by atoms with E-state index >= 15 is 0 Å². The van der Waals surface area contributed by atoms with Gasteiger partial charge in [0.1, 0.15) is 5.75 Å². The van der Waals surface area contributed by atoms with Gasteiger partial charge in [0.2, 0.25) is 11.8 Å². The molecule has 8 heteroatoms. The summed E-state index contributed by atoms with van der Waals surface area (Å²) in [7, 11) is 1.53. The number of benzene rings is 1. The summed E-state index contributed by atoms with van der Waals surface area (Å²) in [6, 6.07) is 7.14. The second-order valence-electron chi connectivity index (χ2n) is 6.72. The summed E-state index contributed by atoms with van der Waals surface area (Å²) in [4.78, 5) is 37.8. The highest BCUT2D eigenvalue weighted by molar-refractivity contribution is 6.01. The molecule has 2 fully saturated rings. The number of hydrogen-bond donors (Lipinski definition) is 2. The van der Waals surface area contributed by atoms with Crippen LogP contribution in [0.1, 0.15) is 19.3 Å². The number of nitrogens with one attached hydrogen (secondary N) is 1. The average Bonchev–Trinajstić information content (AvgIpc) is 3.21. The molecule has 140 valence electrons. The zero-order valence-corrected chi connectivity index (χ0v) is 14.6. The molecule has 2 saturated heterocycles. The number of carbonyl (C=O) groups excluding carboxylic acids is 2. The average molecular weight is 362 g/mol. The van der Waals surface area contributed by atoms with Crippen LogP contribution in [0, 0.1) is 5.92 Å². The Balaban J connectivity index is 1.72. The third-order valence-electron chi connectivity index (χ3n) is 4.85. The van der Waals surface area contributed by atoms with Crippen molar-refractivity contribution < 1.29 is 29.0 Å². The summed E-state index contributed by atoms with van der Waals surface area (Å²) in [5.41, 5.74) is -0.274. The molecule has 2 amide bonds. The predicted molar refractivity (Wildman–Crippen MR) is 92.0 cm³/mol. The molecule has 2 N–H and O–H groups in total. The first-order valence-corrected chi connectivity index (χ1v) is 8.49. The van der Waals surface area contributed by atoms with E-state index in [4.69, 9.17) is 14.6 Å². The van der Waals surface area contributed by atoms with Crippen LogP contribution in [0.5, 0.6) is 5.75 Å². The minimum atomic E-state index is -0.992. The quantitative estimate of drug-likeness (QED) is 0.775. The zero-order chi connectivity index (χ0) is 18.7. The summed E-state index contributed by atoms with van der Waals surface area (Å²) in [5, 5.41) is 12.0. The van der Waals surface area contributed by atoms with E-state index in [0.717, 1.165) is 0 Å². The SMILES string of the molecule is COc1ccccc1N1CC(C(=O)NC2(CC(=O)O)CCOC2)CC1=O. The van der Waals surface area contributed by atoms with Crippen molar-refractivity contribution in [1.29, 1.82) is 0 Å². The predicted octanol–water partition coefficient (Wildman–Crippen LogP) is 0.798. The van der Waals surface area contributed by atoms with Gasteiger partial charge in [-0.15, -0.1) is 0 Å². The molecule has 1 aromatic rings. The van der Waals surface area contributed by atoms with Crippen molar-refractivity contribution in [3.63, 3.8) is 0 Å². The van der Waals surface area contributed by atoms with E-state index < -0.39 is 17.4 Å². The molecular formula is C18H22N2O6. The molecule has 8 nitrogen and oxygen atoms in total. The highest BCUT2D eigenvalue weighted by atomic mass is 16.5. The Morgan fingerprint density at radius 1 is 1.42 bits per heavy atom. The van der Waals surface area contributed by atoms with Crippen molar-refractivity contribution in [1.82, 2.24) is 5.32 Å². The van der Waals surface area contributed by atoms with Gasteiger partial charge in [-0.1, -0.05) is 12.1 Å². The number of rotatable bonds is 6. The van der Waals surface area contributed by atoms with E-state index in [9.17, 15) is 14.4 Å². The van der Waals surface area contributed by atoms with Crippen LogP contribution >= 0.6 is 0 Å². The topological polar surface area (TPSA) is 105 Å². The van der Waals surface area contributed by atoms with Crippen LogP contribution < -0.4 is 15.0 Å². The van der Waals surface area contributed by atoms with E-state index in [2.05, 4.69) is 5.32 Å². The number of anilines is 1. The van der Waals surface area contributed by atoms with Crippen LogP contribution in [-0.2, 0) is 19.1 Å². The maximum Gasteiger partial charge on any atom is 0.305 e. The third-order valence-corrected chi connectivity index (χ3v) is 4.85. The van der Waals surface area contributed by atoms with Gasteiger partial charge in [0.05, 0.1) is 37.3 Å². The van der Waals surface area contributed by atoms with Crippen LogP contribution in [0.2, 0.25) is 0 Å². The van der Waals surface area contributed by atoms with Gasteiger partial charge in [0.25, 0.3) is 0 Å². The second kappa shape index (κ2) is 7.33. The largest absolute Gasteiger partial charge is 0.495 e. The van der Waals surface area contributed by atoms with Crippen LogP contribution in [-0.4, -0.2) is 55.3 Å². The fraction of sp³-hybridized carbons (Fsp3) is 0.500. The highest BCUT2D eigenvalue weighted by Gasteiger charge is 2.43. The number of para-hydroxylation sites is 2. The molecule has 0 aromatic heterocycles. The zero-order valence-electron chi connectivity index (χ0n) is 14.6. The Bertz CT molecular complexity index is 713. The molecular weight excluding hydrogens is 340 g/mol. The molecule has 0 aliphatic carbocycles. The number of aliphatic carboxylic acids is 1. The van der Waals surface area contributed by atoms with Crippen molar-refractivity contribution in [2.45, 2.75) is 24.8 Å². The van der Waals surface area contributed by atoms with Crippen LogP contribution in [0.3, 0.4) is 0 Å². The first-order chi connectivity index (χ1) is 12.4. The van der Waals surface area contributed by atoms with Crippen molar-refractivity contribution in [2.24, 2.45) is 5.92 Å². The van der Waals surface area contributed by atoms with Crippen LogP contribution in [0.25, 0.3) is 0 Å². The number of carboxylic acids is 1. The Hall–Kier alpha value is -2.61. The summed E-state index contributed by atoms with van der Waals surface area (Å²) in [6.45, 7) is 0.807. The molecule has 3 rings (SSSR count). The minimum absolute atomic E-state index is 0.0773. The molecule has 2 aliphatic rings. The Labute approximate surface area is 151 Å². The lowest BCUT2D eigenvalue weighted by molar-refractivity contribution is -0.139. The number of hydrogen-bond acceptors (Lipinski definition) is 5. The van der Waals surface area contributed by atoms with Crippen molar-refractivity contribution in [3.05, 3.63) is 24.3 Å². The molecule has 0 radical (unpaired) electrons. The van der Waals surface area contributed by atoms with Crippen LogP contribution in [0.4, 0.5) is 5.69 Å². The van der Waals surface area contributed by atoms with E-state index in [1.807, 2.05) is 6.07 Å². The Kier molecular flexibility index (Phi) is 5.13. The van der Waals surface area contributed by atoms with E-state index in [0.29, 0.717) is 24.5 Å². The van der Waals surface area contributed by atoms with Gasteiger partial charge in [-0.2, -0.15) is 0 Å². The molecule has 2 atom stereocenters.